The Morgan fingerprint density at radius 1 is 1.31 bits per heavy atom. The quantitative estimate of drug-likeness (QED) is 0.679. The zero-order valence-electron chi connectivity index (χ0n) is 15.7. The number of fused-ring (bicyclic) bond motifs is 1. The molecule has 0 radical (unpaired) electrons. The van der Waals surface area contributed by atoms with Gasteiger partial charge in [-0.15, -0.1) is 0 Å². The number of aromatic nitrogens is 2. The van der Waals surface area contributed by atoms with E-state index in [9.17, 15) is 4.79 Å². The zero-order chi connectivity index (χ0) is 18.5. The van der Waals surface area contributed by atoms with E-state index < -0.39 is 0 Å². The number of anilines is 1. The Labute approximate surface area is 154 Å². The predicted molar refractivity (Wildman–Crippen MR) is 101 cm³/mol. The number of hydrogen-bond donors (Lipinski definition) is 0. The maximum absolute atomic E-state index is 12.1. The summed E-state index contributed by atoms with van der Waals surface area (Å²) in [4.78, 5) is 18.4. The van der Waals surface area contributed by atoms with Crippen LogP contribution in [-0.4, -0.2) is 41.3 Å². The van der Waals surface area contributed by atoms with Crippen molar-refractivity contribution in [1.82, 2.24) is 9.55 Å². The minimum absolute atomic E-state index is 0.179. The molecule has 0 saturated carbocycles. The third kappa shape index (κ3) is 3.84. The summed E-state index contributed by atoms with van der Waals surface area (Å²) in [5.74, 6) is 0.935. The SMILES string of the molecule is CCCOc1ccc2c(c1)C(Cn1ccnc1)C(C)N2CC(=O)OCC. The Balaban J connectivity index is 1.89. The lowest BCUT2D eigenvalue weighted by Crippen LogP contribution is -2.37. The average Bonchev–Trinajstić information content (AvgIpc) is 3.23. The van der Waals surface area contributed by atoms with Gasteiger partial charge in [0.05, 0.1) is 19.5 Å². The highest BCUT2D eigenvalue weighted by molar-refractivity contribution is 5.78. The molecule has 0 spiro atoms. The van der Waals surface area contributed by atoms with Crippen molar-refractivity contribution in [2.45, 2.75) is 45.7 Å². The van der Waals surface area contributed by atoms with E-state index in [-0.39, 0.29) is 24.5 Å². The lowest BCUT2D eigenvalue weighted by atomic mass is 9.95. The first-order valence-electron chi connectivity index (χ1n) is 9.28. The second-order valence-corrected chi connectivity index (χ2v) is 6.61. The van der Waals surface area contributed by atoms with Gasteiger partial charge in [0.25, 0.3) is 0 Å². The van der Waals surface area contributed by atoms with Gasteiger partial charge >= 0.3 is 5.97 Å². The number of hydrogen-bond acceptors (Lipinski definition) is 5. The molecule has 26 heavy (non-hydrogen) atoms. The Kier molecular flexibility index (Phi) is 5.81. The topological polar surface area (TPSA) is 56.6 Å². The van der Waals surface area contributed by atoms with E-state index >= 15 is 0 Å². The molecule has 1 aliphatic rings. The molecule has 0 aliphatic carbocycles. The van der Waals surface area contributed by atoms with Crippen LogP contribution in [0.2, 0.25) is 0 Å². The van der Waals surface area contributed by atoms with Crippen molar-refractivity contribution in [3.63, 3.8) is 0 Å². The van der Waals surface area contributed by atoms with Gasteiger partial charge in [-0.1, -0.05) is 6.92 Å². The number of carbonyl (C=O) groups is 1. The summed E-state index contributed by atoms with van der Waals surface area (Å²) < 4.78 is 13.1. The molecule has 1 aromatic heterocycles. The normalized spacial score (nSPS) is 18.7. The highest BCUT2D eigenvalue weighted by Crippen LogP contribution is 2.43. The van der Waals surface area contributed by atoms with Crippen LogP contribution < -0.4 is 9.64 Å². The molecule has 0 bridgehead atoms. The molecule has 1 aromatic carbocycles. The molecule has 140 valence electrons. The summed E-state index contributed by atoms with van der Waals surface area (Å²) in [6.07, 6.45) is 6.56. The largest absolute Gasteiger partial charge is 0.494 e. The van der Waals surface area contributed by atoms with Crippen LogP contribution in [0.1, 0.15) is 38.7 Å². The van der Waals surface area contributed by atoms with E-state index in [1.807, 2.05) is 25.5 Å². The molecule has 6 heteroatoms. The molecule has 0 saturated heterocycles. The number of imidazole rings is 1. The fourth-order valence-corrected chi connectivity index (χ4v) is 3.54. The highest BCUT2D eigenvalue weighted by atomic mass is 16.5. The Bertz CT molecular complexity index is 730. The van der Waals surface area contributed by atoms with E-state index in [1.165, 1.54) is 5.56 Å². The second-order valence-electron chi connectivity index (χ2n) is 6.61. The minimum Gasteiger partial charge on any atom is -0.494 e. The third-order valence-corrected chi connectivity index (χ3v) is 4.83. The van der Waals surface area contributed by atoms with Gasteiger partial charge in [-0.25, -0.2) is 4.98 Å². The van der Waals surface area contributed by atoms with Crippen molar-refractivity contribution in [2.75, 3.05) is 24.7 Å². The minimum atomic E-state index is -0.195. The lowest BCUT2D eigenvalue weighted by Gasteiger charge is -2.26. The van der Waals surface area contributed by atoms with E-state index in [0.29, 0.717) is 13.2 Å². The zero-order valence-corrected chi connectivity index (χ0v) is 15.7. The summed E-state index contributed by atoms with van der Waals surface area (Å²) in [6.45, 7) is 8.26. The Morgan fingerprint density at radius 2 is 2.15 bits per heavy atom. The van der Waals surface area contributed by atoms with Gasteiger partial charge in [0.2, 0.25) is 0 Å². The summed E-state index contributed by atoms with van der Waals surface area (Å²) in [5, 5.41) is 0. The predicted octanol–water partition coefficient (Wildman–Crippen LogP) is 3.23. The van der Waals surface area contributed by atoms with Crippen molar-refractivity contribution in [2.24, 2.45) is 0 Å². The summed E-state index contributed by atoms with van der Waals surface area (Å²) in [7, 11) is 0. The van der Waals surface area contributed by atoms with Crippen LogP contribution in [0.25, 0.3) is 0 Å². The maximum Gasteiger partial charge on any atom is 0.325 e. The number of ether oxygens (including phenoxy) is 2. The smallest absolute Gasteiger partial charge is 0.325 e. The Hall–Kier alpha value is -2.50. The standard InChI is InChI=1S/C20H27N3O3/c1-4-10-26-16-6-7-19-17(11-16)18(12-22-9-8-21-14-22)15(3)23(19)13-20(24)25-5-2/h6-9,11,14-15,18H,4-5,10,12-13H2,1-3H3. The maximum atomic E-state index is 12.1. The van der Waals surface area contributed by atoms with Gasteiger partial charge < -0.3 is 18.9 Å². The van der Waals surface area contributed by atoms with Crippen molar-refractivity contribution < 1.29 is 14.3 Å². The first-order valence-corrected chi connectivity index (χ1v) is 9.28. The van der Waals surface area contributed by atoms with Crippen LogP contribution in [0, 0.1) is 0 Å². The highest BCUT2D eigenvalue weighted by Gasteiger charge is 2.37. The summed E-state index contributed by atoms with van der Waals surface area (Å²) >= 11 is 0. The number of rotatable bonds is 8. The van der Waals surface area contributed by atoms with Crippen molar-refractivity contribution in [3.05, 3.63) is 42.5 Å². The number of esters is 1. The molecule has 0 N–H and O–H groups in total. The van der Waals surface area contributed by atoms with Crippen molar-refractivity contribution >= 4 is 11.7 Å². The number of benzene rings is 1. The molecule has 2 unspecified atom stereocenters. The van der Waals surface area contributed by atoms with Crippen LogP contribution in [0.15, 0.2) is 36.9 Å². The molecule has 2 atom stereocenters. The molecule has 2 heterocycles. The molecular formula is C20H27N3O3. The third-order valence-electron chi connectivity index (χ3n) is 4.83. The Morgan fingerprint density at radius 3 is 2.85 bits per heavy atom. The fourth-order valence-electron chi connectivity index (χ4n) is 3.54. The summed E-state index contributed by atoms with van der Waals surface area (Å²) in [5.41, 5.74) is 2.30. The van der Waals surface area contributed by atoms with Gasteiger partial charge in [0.1, 0.15) is 12.3 Å². The van der Waals surface area contributed by atoms with E-state index in [1.54, 1.807) is 6.20 Å². The molecule has 6 nitrogen and oxygen atoms in total. The van der Waals surface area contributed by atoms with Crippen LogP contribution >= 0.6 is 0 Å². The van der Waals surface area contributed by atoms with E-state index in [0.717, 1.165) is 24.4 Å². The van der Waals surface area contributed by atoms with Gasteiger partial charge in [-0.2, -0.15) is 0 Å². The number of carbonyl (C=O) groups excluding carboxylic acids is 1. The summed E-state index contributed by atoms with van der Waals surface area (Å²) in [6, 6.07) is 6.34. The fraction of sp³-hybridized carbons (Fsp3) is 0.500. The van der Waals surface area contributed by atoms with Crippen LogP contribution in [0.5, 0.6) is 5.75 Å². The van der Waals surface area contributed by atoms with Crippen LogP contribution in [-0.2, 0) is 16.1 Å². The van der Waals surface area contributed by atoms with Crippen molar-refractivity contribution in [1.29, 1.82) is 0 Å². The van der Waals surface area contributed by atoms with Crippen molar-refractivity contribution in [3.8, 4) is 5.75 Å². The average molecular weight is 357 g/mol. The van der Waals surface area contributed by atoms with Gasteiger partial charge in [-0.3, -0.25) is 4.79 Å². The van der Waals surface area contributed by atoms with Gasteiger partial charge in [0, 0.05) is 36.6 Å². The second kappa shape index (κ2) is 8.25. The molecule has 3 rings (SSSR count). The molecule has 0 amide bonds. The van der Waals surface area contributed by atoms with E-state index in [2.05, 4.69) is 40.4 Å². The van der Waals surface area contributed by atoms with Crippen LogP contribution in [0.4, 0.5) is 5.69 Å². The lowest BCUT2D eigenvalue weighted by molar-refractivity contribution is -0.141. The van der Waals surface area contributed by atoms with E-state index in [4.69, 9.17) is 9.47 Å². The molecule has 1 aliphatic heterocycles. The molecular weight excluding hydrogens is 330 g/mol. The molecule has 0 fully saturated rings. The monoisotopic (exact) mass is 357 g/mol. The molecule has 2 aromatic rings. The first kappa shape index (κ1) is 18.3. The number of nitrogens with zero attached hydrogens (tertiary/aromatic N) is 3. The first-order chi connectivity index (χ1) is 12.6. The van der Waals surface area contributed by atoms with Crippen LogP contribution in [0.3, 0.4) is 0 Å². The van der Waals surface area contributed by atoms with Gasteiger partial charge in [-0.05, 0) is 44.0 Å². The van der Waals surface area contributed by atoms with Gasteiger partial charge in [0.15, 0.2) is 0 Å².